The molecule has 29 heavy (non-hydrogen) atoms. The Morgan fingerprint density at radius 3 is 2.48 bits per heavy atom. The molecular weight excluding hydrogens is 396 g/mol. The van der Waals surface area contributed by atoms with Gasteiger partial charge in [0, 0.05) is 11.1 Å². The van der Waals surface area contributed by atoms with Crippen LogP contribution in [0.25, 0.3) is 0 Å². The lowest BCUT2D eigenvalue weighted by Gasteiger charge is -2.15. The first-order valence-electron chi connectivity index (χ1n) is 9.21. The summed E-state index contributed by atoms with van der Waals surface area (Å²) in [6.45, 7) is 1.63. The molecule has 0 spiro atoms. The molecule has 1 aliphatic rings. The van der Waals surface area contributed by atoms with Gasteiger partial charge in [0.15, 0.2) is 6.10 Å². The normalized spacial score (nSPS) is 13.9. The number of hydrogen-bond acceptors (Lipinski definition) is 5. The highest BCUT2D eigenvalue weighted by Crippen LogP contribution is 2.21. The van der Waals surface area contributed by atoms with Crippen LogP contribution >= 0.6 is 11.6 Å². The maximum Gasteiger partial charge on any atom is 0.342 e. The molecule has 1 atom stereocenters. The van der Waals surface area contributed by atoms with Gasteiger partial charge in [-0.2, -0.15) is 0 Å². The molecule has 3 amide bonds. The van der Waals surface area contributed by atoms with E-state index in [1.54, 1.807) is 36.4 Å². The minimum absolute atomic E-state index is 0.116. The third-order valence-electron chi connectivity index (χ3n) is 4.22. The average molecular weight is 417 g/mol. The van der Waals surface area contributed by atoms with Gasteiger partial charge in [0.1, 0.15) is 17.9 Å². The molecule has 1 aliphatic carbocycles. The van der Waals surface area contributed by atoms with E-state index in [1.807, 2.05) is 12.1 Å². The molecular formula is C21H21ClN2O5. The highest BCUT2D eigenvalue weighted by Gasteiger charge is 2.26. The van der Waals surface area contributed by atoms with E-state index in [4.69, 9.17) is 21.1 Å². The van der Waals surface area contributed by atoms with E-state index in [0.717, 1.165) is 18.4 Å². The number of amides is 3. The monoisotopic (exact) mass is 416 g/mol. The molecule has 3 rings (SSSR count). The van der Waals surface area contributed by atoms with Gasteiger partial charge >= 0.3 is 12.0 Å². The van der Waals surface area contributed by atoms with Crippen LogP contribution in [0.2, 0.25) is 5.02 Å². The van der Waals surface area contributed by atoms with Gasteiger partial charge in [-0.1, -0.05) is 35.9 Å². The SMILES string of the molecule is CC(OC(=O)c1ccccc1OCc1ccc(Cl)cc1)C(=O)NC(=O)NC1CC1. The van der Waals surface area contributed by atoms with Crippen LogP contribution in [-0.2, 0) is 16.1 Å². The van der Waals surface area contributed by atoms with Crippen LogP contribution < -0.4 is 15.4 Å². The van der Waals surface area contributed by atoms with Crippen LogP contribution in [-0.4, -0.2) is 30.1 Å². The van der Waals surface area contributed by atoms with E-state index in [9.17, 15) is 14.4 Å². The molecule has 7 nitrogen and oxygen atoms in total. The summed E-state index contributed by atoms with van der Waals surface area (Å²) in [5.74, 6) is -1.09. The fourth-order valence-corrected chi connectivity index (χ4v) is 2.57. The van der Waals surface area contributed by atoms with Crippen LogP contribution in [0, 0.1) is 0 Å². The zero-order valence-electron chi connectivity index (χ0n) is 15.8. The van der Waals surface area contributed by atoms with Crippen LogP contribution in [0.15, 0.2) is 48.5 Å². The number of rotatable bonds is 7. The second-order valence-electron chi connectivity index (χ2n) is 6.70. The summed E-state index contributed by atoms with van der Waals surface area (Å²) in [5, 5.41) is 5.42. The van der Waals surface area contributed by atoms with E-state index in [2.05, 4.69) is 10.6 Å². The van der Waals surface area contributed by atoms with Gasteiger partial charge in [-0.25, -0.2) is 9.59 Å². The lowest BCUT2D eigenvalue weighted by Crippen LogP contribution is -2.45. The Balaban J connectivity index is 1.57. The van der Waals surface area contributed by atoms with Crippen molar-refractivity contribution in [1.29, 1.82) is 0 Å². The zero-order valence-corrected chi connectivity index (χ0v) is 16.6. The number of esters is 1. The van der Waals surface area contributed by atoms with Crippen molar-refractivity contribution in [3.8, 4) is 5.75 Å². The third kappa shape index (κ3) is 6.22. The minimum atomic E-state index is -1.14. The van der Waals surface area contributed by atoms with Gasteiger partial charge in [0.2, 0.25) is 0 Å². The lowest BCUT2D eigenvalue weighted by molar-refractivity contribution is -0.127. The Bertz CT molecular complexity index is 896. The molecule has 0 aliphatic heterocycles. The van der Waals surface area contributed by atoms with Gasteiger partial charge in [-0.3, -0.25) is 10.1 Å². The molecule has 2 N–H and O–H groups in total. The Kier molecular flexibility index (Phi) is 6.72. The summed E-state index contributed by atoms with van der Waals surface area (Å²) in [4.78, 5) is 36.2. The molecule has 0 bridgehead atoms. The van der Waals surface area contributed by atoms with E-state index in [0.29, 0.717) is 10.8 Å². The van der Waals surface area contributed by atoms with Gasteiger partial charge in [-0.15, -0.1) is 0 Å². The van der Waals surface area contributed by atoms with E-state index in [1.165, 1.54) is 6.92 Å². The quantitative estimate of drug-likeness (QED) is 0.674. The number of para-hydroxylation sites is 1. The van der Waals surface area contributed by atoms with Crippen LogP contribution in [0.1, 0.15) is 35.7 Å². The summed E-state index contributed by atoms with van der Waals surface area (Å²) in [5.41, 5.74) is 1.07. The topological polar surface area (TPSA) is 93.7 Å². The Labute approximate surface area is 173 Å². The first kappa shape index (κ1) is 20.7. The molecule has 2 aromatic rings. The Morgan fingerprint density at radius 2 is 1.79 bits per heavy atom. The maximum atomic E-state index is 12.5. The molecule has 0 aromatic heterocycles. The standard InChI is InChI=1S/C21H21ClN2O5/c1-13(19(25)24-21(27)23-16-10-11-16)29-20(26)17-4-2-3-5-18(17)28-12-14-6-8-15(22)9-7-14/h2-9,13,16H,10-12H2,1H3,(H2,23,24,25,27). The Morgan fingerprint density at radius 1 is 1.10 bits per heavy atom. The van der Waals surface area contributed by atoms with Crippen molar-refractivity contribution in [1.82, 2.24) is 10.6 Å². The summed E-state index contributed by atoms with van der Waals surface area (Å²) in [6, 6.07) is 13.2. The third-order valence-corrected chi connectivity index (χ3v) is 4.47. The first-order valence-corrected chi connectivity index (χ1v) is 9.59. The van der Waals surface area contributed by atoms with Gasteiger partial charge in [0.05, 0.1) is 0 Å². The predicted octanol–water partition coefficient (Wildman–Crippen LogP) is 3.45. The number of imide groups is 1. The maximum absolute atomic E-state index is 12.5. The molecule has 8 heteroatoms. The molecule has 0 heterocycles. The second kappa shape index (κ2) is 9.43. The molecule has 152 valence electrons. The van der Waals surface area contributed by atoms with Crippen LogP contribution in [0.4, 0.5) is 4.79 Å². The predicted molar refractivity (Wildman–Crippen MR) is 107 cm³/mol. The molecule has 0 radical (unpaired) electrons. The number of carbonyl (C=O) groups is 3. The average Bonchev–Trinajstić information content (AvgIpc) is 3.51. The van der Waals surface area contributed by atoms with E-state index in [-0.39, 0.29) is 18.2 Å². The van der Waals surface area contributed by atoms with Crippen LogP contribution in [0.3, 0.4) is 0 Å². The van der Waals surface area contributed by atoms with Crippen molar-refractivity contribution in [2.24, 2.45) is 0 Å². The van der Waals surface area contributed by atoms with Crippen molar-refractivity contribution < 1.29 is 23.9 Å². The smallest absolute Gasteiger partial charge is 0.342 e. The highest BCUT2D eigenvalue weighted by molar-refractivity contribution is 6.30. The molecule has 1 fully saturated rings. The summed E-state index contributed by atoms with van der Waals surface area (Å²) in [7, 11) is 0. The van der Waals surface area contributed by atoms with Gasteiger partial charge in [-0.05, 0) is 49.6 Å². The summed E-state index contributed by atoms with van der Waals surface area (Å²) >= 11 is 5.87. The number of ether oxygens (including phenoxy) is 2. The summed E-state index contributed by atoms with van der Waals surface area (Å²) in [6.07, 6.45) is 0.662. The van der Waals surface area contributed by atoms with E-state index >= 15 is 0 Å². The van der Waals surface area contributed by atoms with Gasteiger partial charge in [0.25, 0.3) is 5.91 Å². The summed E-state index contributed by atoms with van der Waals surface area (Å²) < 4.78 is 10.9. The molecule has 0 saturated heterocycles. The van der Waals surface area contributed by atoms with Crippen molar-refractivity contribution in [3.05, 3.63) is 64.7 Å². The second-order valence-corrected chi connectivity index (χ2v) is 7.13. The molecule has 2 aromatic carbocycles. The lowest BCUT2D eigenvalue weighted by atomic mass is 10.2. The number of halogens is 1. The minimum Gasteiger partial charge on any atom is -0.488 e. The fourth-order valence-electron chi connectivity index (χ4n) is 2.44. The van der Waals surface area contributed by atoms with Crippen molar-refractivity contribution in [3.63, 3.8) is 0 Å². The number of carbonyl (C=O) groups excluding carboxylic acids is 3. The largest absolute Gasteiger partial charge is 0.488 e. The number of hydrogen-bond donors (Lipinski definition) is 2. The number of benzene rings is 2. The van der Waals surface area contributed by atoms with E-state index < -0.39 is 24.0 Å². The van der Waals surface area contributed by atoms with Crippen molar-refractivity contribution in [2.45, 2.75) is 38.5 Å². The van der Waals surface area contributed by atoms with Crippen LogP contribution in [0.5, 0.6) is 5.75 Å². The molecule has 1 unspecified atom stereocenters. The number of nitrogens with one attached hydrogen (secondary N) is 2. The zero-order chi connectivity index (χ0) is 20.8. The fraction of sp³-hybridized carbons (Fsp3) is 0.286. The highest BCUT2D eigenvalue weighted by atomic mass is 35.5. The first-order chi connectivity index (χ1) is 13.9. The number of urea groups is 1. The van der Waals surface area contributed by atoms with Gasteiger partial charge < -0.3 is 14.8 Å². The van der Waals surface area contributed by atoms with Crippen molar-refractivity contribution >= 4 is 29.5 Å². The molecule has 1 saturated carbocycles. The Hall–Kier alpha value is -3.06. The van der Waals surface area contributed by atoms with Crippen molar-refractivity contribution in [2.75, 3.05) is 0 Å².